The molecule has 5 heteroatoms. The highest BCUT2D eigenvalue weighted by atomic mass is 35.5. The number of carbonyl (C=O) groups is 1. The number of carbonyl (C=O) groups excluding carboxylic acids is 1. The lowest BCUT2D eigenvalue weighted by atomic mass is 9.81. The highest BCUT2D eigenvalue weighted by Gasteiger charge is 2.33. The number of amides is 1. The zero-order valence-electron chi connectivity index (χ0n) is 11.2. The van der Waals surface area contributed by atoms with E-state index < -0.39 is 0 Å². The van der Waals surface area contributed by atoms with Gasteiger partial charge in [0.25, 0.3) is 0 Å². The third-order valence-electron chi connectivity index (χ3n) is 4.00. The molecular weight excluding hydrogens is 280 g/mol. The van der Waals surface area contributed by atoms with Crippen LogP contribution in [0.25, 0.3) is 0 Å². The summed E-state index contributed by atoms with van der Waals surface area (Å²) < 4.78 is 0.723. The van der Waals surface area contributed by atoms with Gasteiger partial charge >= 0.3 is 0 Å². The van der Waals surface area contributed by atoms with Gasteiger partial charge in [0.15, 0.2) is 0 Å². The van der Waals surface area contributed by atoms with Crippen molar-refractivity contribution in [3.05, 3.63) is 21.3 Å². The first kappa shape index (κ1) is 14.8. The maximum absolute atomic E-state index is 12.4. The Labute approximate surface area is 123 Å². The van der Waals surface area contributed by atoms with Crippen LogP contribution in [-0.4, -0.2) is 18.0 Å². The molecule has 1 heterocycles. The molecule has 1 amide bonds. The topological polar surface area (TPSA) is 55.1 Å². The van der Waals surface area contributed by atoms with Crippen molar-refractivity contribution < 1.29 is 4.79 Å². The van der Waals surface area contributed by atoms with Crippen LogP contribution in [0.3, 0.4) is 0 Å². The van der Waals surface area contributed by atoms with Gasteiger partial charge in [-0.2, -0.15) is 0 Å². The van der Waals surface area contributed by atoms with Crippen LogP contribution in [0.2, 0.25) is 4.34 Å². The summed E-state index contributed by atoms with van der Waals surface area (Å²) in [4.78, 5) is 13.4. The van der Waals surface area contributed by atoms with Crippen LogP contribution in [0.15, 0.2) is 12.1 Å². The Morgan fingerprint density at radius 2 is 2.16 bits per heavy atom. The van der Waals surface area contributed by atoms with Gasteiger partial charge in [-0.15, -0.1) is 11.3 Å². The van der Waals surface area contributed by atoms with E-state index >= 15 is 0 Å². The zero-order chi connectivity index (χ0) is 13.9. The van der Waals surface area contributed by atoms with Crippen LogP contribution >= 0.6 is 22.9 Å². The summed E-state index contributed by atoms with van der Waals surface area (Å²) in [6.45, 7) is 2.45. The van der Waals surface area contributed by atoms with Gasteiger partial charge in [0.05, 0.1) is 15.8 Å². The molecule has 1 unspecified atom stereocenters. The van der Waals surface area contributed by atoms with Crippen molar-refractivity contribution in [2.24, 2.45) is 5.73 Å². The predicted molar refractivity (Wildman–Crippen MR) is 80.8 cm³/mol. The van der Waals surface area contributed by atoms with Crippen molar-refractivity contribution in [1.82, 2.24) is 5.32 Å². The van der Waals surface area contributed by atoms with Crippen molar-refractivity contribution in [2.45, 2.75) is 50.5 Å². The lowest BCUT2D eigenvalue weighted by Gasteiger charge is -2.37. The Bertz CT molecular complexity index is 440. The maximum atomic E-state index is 12.4. The molecule has 1 atom stereocenters. The average molecular weight is 301 g/mol. The van der Waals surface area contributed by atoms with Crippen LogP contribution in [0, 0.1) is 0 Å². The molecule has 1 aliphatic rings. The molecule has 0 spiro atoms. The van der Waals surface area contributed by atoms with E-state index in [0.29, 0.717) is 6.54 Å². The smallest absolute Gasteiger partial charge is 0.228 e. The Kier molecular flexibility index (Phi) is 4.87. The lowest BCUT2D eigenvalue weighted by molar-refractivity contribution is -0.124. The van der Waals surface area contributed by atoms with Gasteiger partial charge in [0.2, 0.25) is 5.91 Å². The van der Waals surface area contributed by atoms with Crippen LogP contribution in [0.5, 0.6) is 0 Å². The summed E-state index contributed by atoms with van der Waals surface area (Å²) in [5, 5.41) is 3.19. The number of thiophene rings is 1. The summed E-state index contributed by atoms with van der Waals surface area (Å²) in [6.07, 6.45) is 5.53. The minimum Gasteiger partial charge on any atom is -0.349 e. The SMILES string of the molecule is CC(C(=O)NC1(CN)CCCCC1)c1ccc(Cl)s1. The van der Waals surface area contributed by atoms with E-state index in [1.807, 2.05) is 19.1 Å². The summed E-state index contributed by atoms with van der Waals surface area (Å²) >= 11 is 7.39. The molecule has 1 aromatic heterocycles. The molecule has 0 radical (unpaired) electrons. The second-order valence-electron chi connectivity index (χ2n) is 5.40. The molecule has 3 nitrogen and oxygen atoms in total. The zero-order valence-corrected chi connectivity index (χ0v) is 12.8. The highest BCUT2D eigenvalue weighted by Crippen LogP contribution is 2.31. The summed E-state index contributed by atoms with van der Waals surface area (Å²) in [5.41, 5.74) is 5.71. The Balaban J connectivity index is 2.03. The second kappa shape index (κ2) is 6.25. The van der Waals surface area contributed by atoms with Crippen molar-refractivity contribution in [3.63, 3.8) is 0 Å². The van der Waals surface area contributed by atoms with Gasteiger partial charge in [0, 0.05) is 11.4 Å². The predicted octanol–water partition coefficient (Wildman–Crippen LogP) is 3.28. The van der Waals surface area contributed by atoms with Crippen LogP contribution in [0.4, 0.5) is 0 Å². The molecule has 0 aromatic carbocycles. The lowest BCUT2D eigenvalue weighted by Crippen LogP contribution is -2.55. The third-order valence-corrected chi connectivity index (χ3v) is 5.42. The Morgan fingerprint density at radius 1 is 1.47 bits per heavy atom. The first-order valence-electron chi connectivity index (χ1n) is 6.84. The summed E-state index contributed by atoms with van der Waals surface area (Å²) in [6, 6.07) is 3.76. The molecule has 3 N–H and O–H groups in total. The van der Waals surface area contributed by atoms with Gasteiger partial charge in [0.1, 0.15) is 0 Å². The Morgan fingerprint density at radius 3 is 2.68 bits per heavy atom. The van der Waals surface area contributed by atoms with E-state index in [4.69, 9.17) is 17.3 Å². The fourth-order valence-electron chi connectivity index (χ4n) is 2.67. The number of nitrogens with one attached hydrogen (secondary N) is 1. The van der Waals surface area contributed by atoms with E-state index in [1.54, 1.807) is 0 Å². The highest BCUT2D eigenvalue weighted by molar-refractivity contribution is 7.16. The number of nitrogens with two attached hydrogens (primary N) is 1. The van der Waals surface area contributed by atoms with Crippen LogP contribution < -0.4 is 11.1 Å². The van der Waals surface area contributed by atoms with E-state index in [-0.39, 0.29) is 17.4 Å². The fourth-order valence-corrected chi connectivity index (χ4v) is 3.78. The molecule has 1 saturated carbocycles. The molecule has 1 aromatic rings. The quantitative estimate of drug-likeness (QED) is 0.896. The number of halogens is 1. The third kappa shape index (κ3) is 3.50. The summed E-state index contributed by atoms with van der Waals surface area (Å²) in [7, 11) is 0. The Hall–Kier alpha value is -0.580. The molecule has 2 rings (SSSR count). The molecule has 0 aliphatic heterocycles. The van der Waals surface area contributed by atoms with Crippen molar-refractivity contribution >= 4 is 28.8 Å². The van der Waals surface area contributed by atoms with E-state index in [9.17, 15) is 4.79 Å². The van der Waals surface area contributed by atoms with Crippen molar-refractivity contribution in [2.75, 3.05) is 6.54 Å². The monoisotopic (exact) mass is 300 g/mol. The maximum Gasteiger partial charge on any atom is 0.228 e. The summed E-state index contributed by atoms with van der Waals surface area (Å²) in [5.74, 6) is -0.103. The molecule has 106 valence electrons. The number of hydrogen-bond acceptors (Lipinski definition) is 3. The second-order valence-corrected chi connectivity index (χ2v) is 7.14. The standard InChI is InChI=1S/C14H21ClN2OS/c1-10(11-5-6-12(15)19-11)13(18)17-14(9-16)7-3-2-4-8-14/h5-6,10H,2-4,7-9,16H2,1H3,(H,17,18). The first-order chi connectivity index (χ1) is 9.06. The van der Waals surface area contributed by atoms with Gasteiger partial charge in [-0.05, 0) is 31.9 Å². The van der Waals surface area contributed by atoms with E-state index in [1.165, 1.54) is 17.8 Å². The largest absolute Gasteiger partial charge is 0.349 e. The van der Waals surface area contributed by atoms with Gasteiger partial charge < -0.3 is 11.1 Å². The van der Waals surface area contributed by atoms with Crippen molar-refractivity contribution in [3.8, 4) is 0 Å². The molecule has 1 fully saturated rings. The minimum absolute atomic E-state index is 0.0610. The van der Waals surface area contributed by atoms with Crippen LogP contribution in [-0.2, 0) is 4.79 Å². The minimum atomic E-state index is -0.190. The molecule has 0 saturated heterocycles. The first-order valence-corrected chi connectivity index (χ1v) is 8.03. The fraction of sp³-hybridized carbons (Fsp3) is 0.643. The van der Waals surface area contributed by atoms with Gasteiger partial charge in [-0.25, -0.2) is 0 Å². The molecule has 19 heavy (non-hydrogen) atoms. The van der Waals surface area contributed by atoms with Gasteiger partial charge in [-0.3, -0.25) is 4.79 Å². The van der Waals surface area contributed by atoms with E-state index in [2.05, 4.69) is 5.32 Å². The number of hydrogen-bond donors (Lipinski definition) is 2. The van der Waals surface area contributed by atoms with Crippen LogP contribution in [0.1, 0.15) is 49.8 Å². The number of rotatable bonds is 4. The van der Waals surface area contributed by atoms with Crippen molar-refractivity contribution in [1.29, 1.82) is 0 Å². The average Bonchev–Trinajstić information content (AvgIpc) is 2.85. The van der Waals surface area contributed by atoms with Gasteiger partial charge in [-0.1, -0.05) is 30.9 Å². The molecule has 0 bridgehead atoms. The molecule has 1 aliphatic carbocycles. The molecular formula is C14H21ClN2OS. The normalized spacial score (nSPS) is 19.9. The van der Waals surface area contributed by atoms with E-state index in [0.717, 1.165) is 34.9 Å².